The number of benzene rings is 2. The number of aromatic nitrogens is 2. The van der Waals surface area contributed by atoms with Gasteiger partial charge < -0.3 is 10.3 Å². The van der Waals surface area contributed by atoms with E-state index in [0.29, 0.717) is 5.92 Å². The summed E-state index contributed by atoms with van der Waals surface area (Å²) in [7, 11) is 0. The minimum absolute atomic E-state index is 0.622. The molecule has 1 aliphatic rings. The maximum atomic E-state index is 5.82. The molecule has 0 bridgehead atoms. The number of nitrogens with two attached hydrogens (primary N) is 1. The zero-order valence-electron chi connectivity index (χ0n) is 13.8. The Balaban J connectivity index is 1.84. The van der Waals surface area contributed by atoms with E-state index in [1.54, 1.807) is 0 Å². The average Bonchev–Trinajstić information content (AvgIpc) is 2.78. The first kappa shape index (κ1) is 14.3. The third-order valence-corrected chi connectivity index (χ3v) is 5.18. The van der Waals surface area contributed by atoms with Gasteiger partial charge in [0.25, 0.3) is 0 Å². The molecular weight excluding hydrogens is 282 g/mol. The Morgan fingerprint density at radius 3 is 2.43 bits per heavy atom. The molecule has 2 N–H and O–H groups in total. The van der Waals surface area contributed by atoms with Crippen LogP contribution in [0.4, 0.5) is 5.69 Å². The van der Waals surface area contributed by atoms with Crippen molar-refractivity contribution in [3.8, 4) is 0 Å². The Hall–Kier alpha value is -2.29. The van der Waals surface area contributed by atoms with Gasteiger partial charge in [-0.05, 0) is 67.6 Å². The van der Waals surface area contributed by atoms with Crippen LogP contribution in [0.2, 0.25) is 0 Å². The molecule has 1 fully saturated rings. The summed E-state index contributed by atoms with van der Waals surface area (Å²) in [5.41, 5.74) is 12.9. The van der Waals surface area contributed by atoms with E-state index in [9.17, 15) is 0 Å². The Labute approximate surface area is 137 Å². The van der Waals surface area contributed by atoms with Gasteiger partial charge in [-0.25, -0.2) is 4.98 Å². The zero-order chi connectivity index (χ0) is 16.0. The largest absolute Gasteiger partial charge is 0.399 e. The number of imidazole rings is 1. The van der Waals surface area contributed by atoms with Crippen molar-refractivity contribution in [1.82, 2.24) is 9.55 Å². The van der Waals surface area contributed by atoms with E-state index in [-0.39, 0.29) is 0 Å². The molecule has 3 heteroatoms. The number of nitrogens with zero attached hydrogens (tertiary/aromatic N) is 2. The highest BCUT2D eigenvalue weighted by atomic mass is 15.1. The first-order valence-electron chi connectivity index (χ1n) is 8.43. The van der Waals surface area contributed by atoms with Crippen LogP contribution in [0.1, 0.15) is 47.7 Å². The summed E-state index contributed by atoms with van der Waals surface area (Å²) in [4.78, 5) is 4.99. The van der Waals surface area contributed by atoms with Gasteiger partial charge in [-0.15, -0.1) is 0 Å². The lowest BCUT2D eigenvalue weighted by atomic mass is 9.85. The van der Waals surface area contributed by atoms with Gasteiger partial charge in [0.2, 0.25) is 0 Å². The fourth-order valence-corrected chi connectivity index (χ4v) is 3.35. The lowest BCUT2D eigenvalue weighted by molar-refractivity contribution is 0.392. The topological polar surface area (TPSA) is 43.8 Å². The van der Waals surface area contributed by atoms with Crippen LogP contribution in [0.25, 0.3) is 11.0 Å². The lowest BCUT2D eigenvalue weighted by Crippen LogP contribution is -2.16. The summed E-state index contributed by atoms with van der Waals surface area (Å²) in [6, 6.07) is 12.7. The van der Waals surface area contributed by atoms with Crippen LogP contribution < -0.4 is 5.73 Å². The minimum atomic E-state index is 0.622. The zero-order valence-corrected chi connectivity index (χ0v) is 13.8. The van der Waals surface area contributed by atoms with Gasteiger partial charge >= 0.3 is 0 Å². The van der Waals surface area contributed by atoms with Gasteiger partial charge in [0.15, 0.2) is 0 Å². The number of rotatable bonds is 3. The first-order chi connectivity index (χ1) is 11.1. The SMILES string of the molecule is Cc1cc2nc(C3CCC3)n(Cc3ccc(N)cc3)c2cc1C. The molecule has 0 atom stereocenters. The highest BCUT2D eigenvalue weighted by Gasteiger charge is 2.26. The first-order valence-corrected chi connectivity index (χ1v) is 8.43. The molecule has 1 aromatic heterocycles. The highest BCUT2D eigenvalue weighted by molar-refractivity contribution is 5.78. The monoisotopic (exact) mass is 305 g/mol. The van der Waals surface area contributed by atoms with Crippen molar-refractivity contribution < 1.29 is 0 Å². The molecule has 0 saturated heterocycles. The highest BCUT2D eigenvalue weighted by Crippen LogP contribution is 2.38. The second kappa shape index (κ2) is 5.41. The molecule has 0 aliphatic heterocycles. The molecule has 0 radical (unpaired) electrons. The Bertz CT molecular complexity index is 855. The van der Waals surface area contributed by atoms with Gasteiger partial charge in [0.1, 0.15) is 5.82 Å². The number of anilines is 1. The van der Waals surface area contributed by atoms with Crippen LogP contribution >= 0.6 is 0 Å². The molecule has 118 valence electrons. The maximum Gasteiger partial charge on any atom is 0.113 e. The number of aryl methyl sites for hydroxylation is 2. The van der Waals surface area contributed by atoms with Crippen LogP contribution in [-0.4, -0.2) is 9.55 Å². The Morgan fingerprint density at radius 1 is 1.09 bits per heavy atom. The lowest BCUT2D eigenvalue weighted by Gasteiger charge is -2.25. The van der Waals surface area contributed by atoms with E-state index in [4.69, 9.17) is 10.7 Å². The molecule has 1 aliphatic carbocycles. The van der Waals surface area contributed by atoms with E-state index >= 15 is 0 Å². The van der Waals surface area contributed by atoms with Crippen LogP contribution in [0.15, 0.2) is 36.4 Å². The van der Waals surface area contributed by atoms with Crippen molar-refractivity contribution >= 4 is 16.7 Å². The van der Waals surface area contributed by atoms with E-state index < -0.39 is 0 Å². The van der Waals surface area contributed by atoms with Gasteiger partial charge in [-0.2, -0.15) is 0 Å². The second-order valence-electron chi connectivity index (χ2n) is 6.85. The van der Waals surface area contributed by atoms with Crippen molar-refractivity contribution in [1.29, 1.82) is 0 Å². The average molecular weight is 305 g/mol. The van der Waals surface area contributed by atoms with Gasteiger partial charge in [-0.3, -0.25) is 0 Å². The fourth-order valence-electron chi connectivity index (χ4n) is 3.35. The third kappa shape index (κ3) is 2.50. The summed E-state index contributed by atoms with van der Waals surface area (Å²) in [6.07, 6.45) is 3.86. The van der Waals surface area contributed by atoms with Crippen LogP contribution in [0.5, 0.6) is 0 Å². The van der Waals surface area contributed by atoms with Crippen LogP contribution in [0.3, 0.4) is 0 Å². The fraction of sp³-hybridized carbons (Fsp3) is 0.350. The van der Waals surface area contributed by atoms with Crippen molar-refractivity contribution in [2.24, 2.45) is 0 Å². The smallest absolute Gasteiger partial charge is 0.113 e. The third-order valence-electron chi connectivity index (χ3n) is 5.18. The Kier molecular flexibility index (Phi) is 3.37. The quantitative estimate of drug-likeness (QED) is 0.721. The molecular formula is C20H23N3. The summed E-state index contributed by atoms with van der Waals surface area (Å²) in [5, 5.41) is 0. The second-order valence-corrected chi connectivity index (χ2v) is 6.85. The number of fused-ring (bicyclic) bond motifs is 1. The van der Waals surface area contributed by atoms with Crippen LogP contribution in [-0.2, 0) is 6.54 Å². The molecule has 23 heavy (non-hydrogen) atoms. The van der Waals surface area contributed by atoms with Crippen LogP contribution in [0, 0.1) is 13.8 Å². The normalized spacial score (nSPS) is 15.0. The molecule has 0 amide bonds. The predicted molar refractivity (Wildman–Crippen MR) is 95.8 cm³/mol. The number of nitrogen functional groups attached to an aromatic ring is 1. The minimum Gasteiger partial charge on any atom is -0.399 e. The van der Waals surface area contributed by atoms with Crippen molar-refractivity contribution in [3.63, 3.8) is 0 Å². The molecule has 1 saturated carbocycles. The molecule has 1 heterocycles. The summed E-state index contributed by atoms with van der Waals surface area (Å²) in [6.45, 7) is 5.21. The van der Waals surface area contributed by atoms with Crippen molar-refractivity contribution in [3.05, 3.63) is 58.9 Å². The van der Waals surface area contributed by atoms with E-state index in [2.05, 4.69) is 42.7 Å². The van der Waals surface area contributed by atoms with E-state index in [1.165, 1.54) is 47.3 Å². The molecule has 3 aromatic rings. The van der Waals surface area contributed by atoms with Crippen molar-refractivity contribution in [2.75, 3.05) is 5.73 Å². The van der Waals surface area contributed by atoms with Gasteiger partial charge in [0.05, 0.1) is 11.0 Å². The molecule has 4 rings (SSSR count). The Morgan fingerprint density at radius 2 is 1.78 bits per heavy atom. The van der Waals surface area contributed by atoms with Gasteiger partial charge in [0, 0.05) is 18.2 Å². The van der Waals surface area contributed by atoms with E-state index in [1.807, 2.05) is 12.1 Å². The number of hydrogen-bond acceptors (Lipinski definition) is 2. The summed E-state index contributed by atoms with van der Waals surface area (Å²) >= 11 is 0. The molecule has 0 unspecified atom stereocenters. The summed E-state index contributed by atoms with van der Waals surface area (Å²) in [5.74, 6) is 1.88. The van der Waals surface area contributed by atoms with E-state index in [0.717, 1.165) is 17.7 Å². The maximum absolute atomic E-state index is 5.82. The van der Waals surface area contributed by atoms with Crippen molar-refractivity contribution in [2.45, 2.75) is 45.6 Å². The van der Waals surface area contributed by atoms with Gasteiger partial charge in [-0.1, -0.05) is 18.6 Å². The summed E-state index contributed by atoms with van der Waals surface area (Å²) < 4.78 is 2.41. The standard InChI is InChI=1S/C20H23N3/c1-13-10-18-19(11-14(13)2)23(20(22-18)16-4-3-5-16)12-15-6-8-17(21)9-7-15/h6-11,16H,3-5,12,21H2,1-2H3. The molecule has 2 aromatic carbocycles. The molecule has 0 spiro atoms. The molecule has 3 nitrogen and oxygen atoms in total. The number of hydrogen-bond donors (Lipinski definition) is 1. The predicted octanol–water partition coefficient (Wildman–Crippen LogP) is 4.55.